The molecular weight excluding hydrogens is 503 g/mol. The molecule has 0 saturated carbocycles. The van der Waals surface area contributed by atoms with Gasteiger partial charge >= 0.3 is 12.3 Å². The van der Waals surface area contributed by atoms with Crippen molar-refractivity contribution in [2.24, 2.45) is 0 Å². The number of alkyl halides is 3. The quantitative estimate of drug-likeness (QED) is 0.489. The molecule has 1 aliphatic heterocycles. The van der Waals surface area contributed by atoms with Crippen molar-refractivity contribution in [2.75, 3.05) is 20.3 Å². The fourth-order valence-electron chi connectivity index (χ4n) is 3.86. The molecule has 1 N–H and O–H groups in total. The van der Waals surface area contributed by atoms with E-state index in [0.29, 0.717) is 23.4 Å². The molecule has 1 aromatic heterocycles. The van der Waals surface area contributed by atoms with E-state index in [2.05, 4.69) is 26.8 Å². The molecule has 2 amide bonds. The van der Waals surface area contributed by atoms with E-state index in [1.54, 1.807) is 30.6 Å². The second-order valence-electron chi connectivity index (χ2n) is 9.01. The van der Waals surface area contributed by atoms with Gasteiger partial charge in [0.2, 0.25) is 0 Å². The van der Waals surface area contributed by atoms with E-state index in [1.165, 1.54) is 12.0 Å². The summed E-state index contributed by atoms with van der Waals surface area (Å²) < 4.78 is 48.9. The average molecular weight is 534 g/mol. The maximum atomic E-state index is 13.0. The molecule has 0 saturated heterocycles. The van der Waals surface area contributed by atoms with Crippen LogP contribution in [0.3, 0.4) is 0 Å². The molecule has 1 aromatic carbocycles. The van der Waals surface area contributed by atoms with Gasteiger partial charge in [0.1, 0.15) is 12.1 Å². The molecule has 0 fully saturated rings. The van der Waals surface area contributed by atoms with Crippen molar-refractivity contribution >= 4 is 17.6 Å². The second kappa shape index (κ2) is 12.0. The number of methoxy groups -OCH3 is 1. The first kappa shape index (κ1) is 28.5. The lowest BCUT2D eigenvalue weighted by atomic mass is 9.96. The summed E-state index contributed by atoms with van der Waals surface area (Å²) >= 11 is 0. The van der Waals surface area contributed by atoms with Gasteiger partial charge in [-0.2, -0.15) is 13.2 Å². The van der Waals surface area contributed by atoms with Crippen molar-refractivity contribution in [1.29, 1.82) is 0 Å². The number of allylic oxidation sites excluding steroid dienone is 4. The summed E-state index contributed by atoms with van der Waals surface area (Å²) in [6.07, 6.45) is 1.54. The van der Waals surface area contributed by atoms with E-state index >= 15 is 0 Å². The lowest BCUT2D eigenvalue weighted by molar-refractivity contribution is -0.162. The van der Waals surface area contributed by atoms with Crippen molar-refractivity contribution in [3.05, 3.63) is 71.5 Å². The fourth-order valence-corrected chi connectivity index (χ4v) is 3.86. The third kappa shape index (κ3) is 7.24. The average Bonchev–Trinajstić information content (AvgIpc) is 3.36. The number of aromatic nitrogens is 3. The van der Waals surface area contributed by atoms with Crippen LogP contribution in [0.25, 0.3) is 5.57 Å². The molecular formula is C26H30F3N5O4. The summed E-state index contributed by atoms with van der Waals surface area (Å²) in [4.78, 5) is 26.2. The Balaban J connectivity index is 1.69. The SMILES string of the molecule is C=C(/C=C\C=C(/C)c1nncn1C(C)C)NC(=O)c1cc2c(cc1OC)CCN(C(=O)OCC(F)(F)F)C2. The van der Waals surface area contributed by atoms with Gasteiger partial charge in [0.15, 0.2) is 12.4 Å². The molecule has 2 aromatic rings. The molecule has 12 heteroatoms. The molecule has 0 atom stereocenters. The predicted octanol–water partition coefficient (Wildman–Crippen LogP) is 4.83. The van der Waals surface area contributed by atoms with Gasteiger partial charge in [0.25, 0.3) is 5.91 Å². The zero-order valence-electron chi connectivity index (χ0n) is 21.6. The number of ether oxygens (including phenoxy) is 2. The van der Waals surface area contributed by atoms with Crippen molar-refractivity contribution < 1.29 is 32.2 Å². The normalized spacial score (nSPS) is 14.0. The van der Waals surface area contributed by atoms with Crippen molar-refractivity contribution in [1.82, 2.24) is 25.0 Å². The third-order valence-corrected chi connectivity index (χ3v) is 5.80. The Morgan fingerprint density at radius 3 is 2.66 bits per heavy atom. The van der Waals surface area contributed by atoms with Crippen LogP contribution in [0.15, 0.2) is 49.0 Å². The number of nitrogens with zero attached hydrogens (tertiary/aromatic N) is 4. The molecule has 3 rings (SSSR count). The van der Waals surface area contributed by atoms with Crippen molar-refractivity contribution in [2.45, 2.75) is 46.0 Å². The largest absolute Gasteiger partial charge is 0.496 e. The summed E-state index contributed by atoms with van der Waals surface area (Å²) in [5.41, 5.74) is 2.83. The van der Waals surface area contributed by atoms with E-state index < -0.39 is 24.8 Å². The summed E-state index contributed by atoms with van der Waals surface area (Å²) in [6, 6.07) is 3.45. The Hall–Kier alpha value is -4.09. The summed E-state index contributed by atoms with van der Waals surface area (Å²) in [7, 11) is 1.43. The van der Waals surface area contributed by atoms with Gasteiger partial charge in [-0.05, 0) is 62.1 Å². The molecule has 204 valence electrons. The fraction of sp³-hybridized carbons (Fsp3) is 0.385. The first-order chi connectivity index (χ1) is 17.9. The number of halogens is 3. The highest BCUT2D eigenvalue weighted by atomic mass is 19.4. The van der Waals surface area contributed by atoms with Gasteiger partial charge in [0.05, 0.1) is 12.7 Å². The highest BCUT2D eigenvalue weighted by Crippen LogP contribution is 2.29. The maximum absolute atomic E-state index is 13.0. The van der Waals surface area contributed by atoms with Crippen LogP contribution in [-0.2, 0) is 17.7 Å². The number of hydrogen-bond donors (Lipinski definition) is 1. The van der Waals surface area contributed by atoms with E-state index in [1.807, 2.05) is 31.4 Å². The van der Waals surface area contributed by atoms with Crippen molar-refractivity contribution in [3.8, 4) is 5.75 Å². The van der Waals surface area contributed by atoms with Crippen LogP contribution >= 0.6 is 0 Å². The predicted molar refractivity (Wildman–Crippen MR) is 134 cm³/mol. The Labute approximate surface area is 218 Å². The van der Waals surface area contributed by atoms with E-state index in [0.717, 1.165) is 17.0 Å². The summed E-state index contributed by atoms with van der Waals surface area (Å²) in [5, 5.41) is 10.8. The molecule has 0 aliphatic carbocycles. The summed E-state index contributed by atoms with van der Waals surface area (Å²) in [6.45, 7) is 8.34. The van der Waals surface area contributed by atoms with Crippen LogP contribution in [0.5, 0.6) is 5.75 Å². The maximum Gasteiger partial charge on any atom is 0.422 e. The van der Waals surface area contributed by atoms with Gasteiger partial charge in [-0.1, -0.05) is 18.7 Å². The number of carbonyl (C=O) groups excluding carboxylic acids is 2. The van der Waals surface area contributed by atoms with Crippen LogP contribution < -0.4 is 10.1 Å². The first-order valence-corrected chi connectivity index (χ1v) is 11.8. The Morgan fingerprint density at radius 1 is 1.26 bits per heavy atom. The number of rotatable bonds is 8. The van der Waals surface area contributed by atoms with Crippen molar-refractivity contribution in [3.63, 3.8) is 0 Å². The van der Waals surface area contributed by atoms with Crippen LogP contribution in [0.2, 0.25) is 0 Å². The third-order valence-electron chi connectivity index (χ3n) is 5.80. The second-order valence-corrected chi connectivity index (χ2v) is 9.01. The van der Waals surface area contributed by atoms with E-state index in [-0.39, 0.29) is 24.7 Å². The lowest BCUT2D eigenvalue weighted by Crippen LogP contribution is -2.38. The zero-order valence-corrected chi connectivity index (χ0v) is 21.6. The van der Waals surface area contributed by atoms with Gasteiger partial charge in [-0.25, -0.2) is 4.79 Å². The highest BCUT2D eigenvalue weighted by Gasteiger charge is 2.32. The Kier molecular flexibility index (Phi) is 8.97. The number of benzene rings is 1. The zero-order chi connectivity index (χ0) is 28.0. The molecule has 9 nitrogen and oxygen atoms in total. The van der Waals surface area contributed by atoms with Gasteiger partial charge < -0.3 is 24.3 Å². The van der Waals surface area contributed by atoms with E-state index in [4.69, 9.17) is 4.74 Å². The Morgan fingerprint density at radius 2 is 2.00 bits per heavy atom. The van der Waals surface area contributed by atoms with Gasteiger partial charge in [0, 0.05) is 24.8 Å². The number of amides is 2. The highest BCUT2D eigenvalue weighted by molar-refractivity contribution is 5.98. The molecule has 1 aliphatic rings. The summed E-state index contributed by atoms with van der Waals surface area (Å²) in [5.74, 6) is 0.570. The van der Waals surface area contributed by atoms with Crippen LogP contribution in [-0.4, -0.2) is 58.1 Å². The number of hydrogen-bond acceptors (Lipinski definition) is 6. The van der Waals surface area contributed by atoms with Crippen LogP contribution in [0.4, 0.5) is 18.0 Å². The lowest BCUT2D eigenvalue weighted by Gasteiger charge is -2.29. The molecule has 38 heavy (non-hydrogen) atoms. The van der Waals surface area contributed by atoms with Gasteiger partial charge in [-0.3, -0.25) is 4.79 Å². The van der Waals surface area contributed by atoms with Crippen LogP contribution in [0, 0.1) is 0 Å². The smallest absolute Gasteiger partial charge is 0.422 e. The minimum absolute atomic E-state index is 0.00220. The minimum atomic E-state index is -4.61. The number of carbonyl (C=O) groups is 2. The standard InChI is InChI=1S/C26H30F3N5O4/c1-16(2)34-15-30-32-23(34)17(3)7-6-8-18(4)31-24(35)21-11-20-13-33(25(36)38-14-26(27,28)29)10-9-19(20)12-22(21)37-5/h6-8,11-12,15-16H,4,9-10,13-14H2,1-3,5H3,(H,31,35)/b8-6-,17-7+. The molecule has 0 bridgehead atoms. The molecule has 0 unspecified atom stereocenters. The van der Waals surface area contributed by atoms with E-state index in [9.17, 15) is 22.8 Å². The topological polar surface area (TPSA) is 98.6 Å². The molecule has 0 spiro atoms. The molecule has 0 radical (unpaired) electrons. The number of nitrogens with one attached hydrogen (secondary N) is 1. The Bertz CT molecular complexity index is 1260. The number of fused-ring (bicyclic) bond motifs is 1. The first-order valence-electron chi connectivity index (χ1n) is 11.8. The van der Waals surface area contributed by atoms with Crippen LogP contribution in [0.1, 0.15) is 54.1 Å². The molecule has 2 heterocycles. The monoisotopic (exact) mass is 533 g/mol. The van der Waals surface area contributed by atoms with Gasteiger partial charge in [-0.15, -0.1) is 10.2 Å². The minimum Gasteiger partial charge on any atom is -0.496 e.